The molecule has 0 saturated heterocycles. The molecule has 96 valence electrons. The van der Waals surface area contributed by atoms with E-state index in [-0.39, 0.29) is 18.2 Å². The molecule has 0 fully saturated rings. The predicted molar refractivity (Wildman–Crippen MR) is 73.3 cm³/mol. The van der Waals surface area contributed by atoms with Crippen LogP contribution >= 0.6 is 23.1 Å². The van der Waals surface area contributed by atoms with Crippen molar-refractivity contribution in [2.75, 3.05) is 11.9 Å². The van der Waals surface area contributed by atoms with Crippen LogP contribution in [0.25, 0.3) is 0 Å². The van der Waals surface area contributed by atoms with Crippen molar-refractivity contribution in [1.82, 2.24) is 9.59 Å². The van der Waals surface area contributed by atoms with E-state index in [0.717, 1.165) is 11.5 Å². The van der Waals surface area contributed by atoms with Crippen molar-refractivity contribution in [3.63, 3.8) is 0 Å². The average molecular weight is 294 g/mol. The molecule has 0 atom stereocenters. The summed E-state index contributed by atoms with van der Waals surface area (Å²) in [6.07, 6.45) is 0. The molecule has 0 aliphatic carbocycles. The van der Waals surface area contributed by atoms with Crippen molar-refractivity contribution >= 4 is 34.7 Å². The van der Waals surface area contributed by atoms with E-state index in [9.17, 15) is 4.79 Å². The fraction of sp³-hybridized carbons (Fsp3) is 0.0833. The summed E-state index contributed by atoms with van der Waals surface area (Å²) in [4.78, 5) is 11.9. The Morgan fingerprint density at radius 1 is 1.53 bits per heavy atom. The van der Waals surface area contributed by atoms with Gasteiger partial charge >= 0.3 is 0 Å². The third-order valence-electron chi connectivity index (χ3n) is 2.12. The van der Waals surface area contributed by atoms with Gasteiger partial charge in [0.2, 0.25) is 0 Å². The largest absolute Gasteiger partial charge is 0.384 e. The van der Waals surface area contributed by atoms with Crippen LogP contribution in [0.1, 0.15) is 16.1 Å². The van der Waals surface area contributed by atoms with Gasteiger partial charge in [0.1, 0.15) is 6.61 Å². The number of nitrogens with zero attached hydrogens (tertiary/aromatic N) is 2. The minimum atomic E-state index is -0.386. The first kappa shape index (κ1) is 13.5. The van der Waals surface area contributed by atoms with E-state index in [4.69, 9.17) is 16.7 Å². The molecule has 19 heavy (non-hydrogen) atoms. The van der Waals surface area contributed by atoms with Gasteiger partial charge in [-0.3, -0.25) is 4.79 Å². The number of rotatable bonds is 2. The molecule has 5 nitrogen and oxygen atoms in total. The summed E-state index contributed by atoms with van der Waals surface area (Å²) >= 11 is 6.98. The maximum atomic E-state index is 11.9. The van der Waals surface area contributed by atoms with Crippen LogP contribution in [0.15, 0.2) is 23.6 Å². The number of anilines is 1. The van der Waals surface area contributed by atoms with Gasteiger partial charge in [0, 0.05) is 16.0 Å². The van der Waals surface area contributed by atoms with E-state index in [1.807, 2.05) is 0 Å². The van der Waals surface area contributed by atoms with E-state index in [1.54, 1.807) is 23.6 Å². The topological polar surface area (TPSA) is 75.1 Å². The fourth-order valence-electron chi connectivity index (χ4n) is 1.31. The fourth-order valence-corrected chi connectivity index (χ4v) is 1.92. The molecule has 0 unspecified atom stereocenters. The molecule has 1 amide bonds. The summed E-state index contributed by atoms with van der Waals surface area (Å²) in [5.74, 6) is 4.87. The number of halogens is 1. The Balaban J connectivity index is 2.28. The first-order valence-electron chi connectivity index (χ1n) is 5.18. The Kier molecular flexibility index (Phi) is 4.47. The minimum Gasteiger partial charge on any atom is -0.384 e. The molecular weight excluding hydrogens is 286 g/mol. The second-order valence-corrected chi connectivity index (χ2v) is 4.44. The van der Waals surface area contributed by atoms with Crippen molar-refractivity contribution in [1.29, 1.82) is 0 Å². The lowest BCUT2D eigenvalue weighted by Gasteiger charge is -2.06. The standard InChI is InChI=1S/C12H8ClN3O2S/c13-9-4-3-8(2-1-5-17)10(6-9)14-12(18)11-7-19-16-15-11/h3-4,6-7,17H,5H2,(H,14,18). The molecule has 1 aromatic carbocycles. The lowest BCUT2D eigenvalue weighted by atomic mass is 10.1. The summed E-state index contributed by atoms with van der Waals surface area (Å²) in [5.41, 5.74) is 1.26. The first-order valence-corrected chi connectivity index (χ1v) is 6.40. The summed E-state index contributed by atoms with van der Waals surface area (Å²) in [6, 6.07) is 4.91. The molecule has 2 aromatic rings. The smallest absolute Gasteiger partial charge is 0.277 e. The number of benzene rings is 1. The van der Waals surface area contributed by atoms with Crippen LogP contribution in [0.3, 0.4) is 0 Å². The number of aliphatic hydroxyl groups excluding tert-OH is 1. The molecular formula is C12H8ClN3O2S. The molecule has 2 rings (SSSR count). The lowest BCUT2D eigenvalue weighted by molar-refractivity contribution is 0.102. The van der Waals surface area contributed by atoms with Gasteiger partial charge in [0.25, 0.3) is 5.91 Å². The summed E-state index contributed by atoms with van der Waals surface area (Å²) in [7, 11) is 0. The average Bonchev–Trinajstić information content (AvgIpc) is 2.92. The number of nitrogens with one attached hydrogen (secondary N) is 1. The van der Waals surface area contributed by atoms with Gasteiger partial charge in [-0.2, -0.15) is 0 Å². The number of amides is 1. The zero-order valence-electron chi connectivity index (χ0n) is 9.55. The van der Waals surface area contributed by atoms with Gasteiger partial charge in [-0.1, -0.05) is 27.9 Å². The Morgan fingerprint density at radius 2 is 2.37 bits per heavy atom. The van der Waals surface area contributed by atoms with Crippen molar-refractivity contribution < 1.29 is 9.90 Å². The highest BCUT2D eigenvalue weighted by molar-refractivity contribution is 7.03. The highest BCUT2D eigenvalue weighted by Gasteiger charge is 2.11. The highest BCUT2D eigenvalue weighted by Crippen LogP contribution is 2.21. The number of carbonyl (C=O) groups excluding carboxylic acids is 1. The van der Waals surface area contributed by atoms with Crippen LogP contribution in [0, 0.1) is 11.8 Å². The SMILES string of the molecule is O=C(Nc1cc(Cl)ccc1C#CCO)c1csnn1. The molecule has 0 aliphatic heterocycles. The minimum absolute atomic E-state index is 0.228. The van der Waals surface area contributed by atoms with Gasteiger partial charge in [0.05, 0.1) is 5.69 Å². The number of hydrogen-bond acceptors (Lipinski definition) is 5. The lowest BCUT2D eigenvalue weighted by Crippen LogP contribution is -2.13. The molecule has 7 heteroatoms. The van der Waals surface area contributed by atoms with Gasteiger partial charge in [-0.25, -0.2) is 0 Å². The number of carbonyl (C=O) groups is 1. The van der Waals surface area contributed by atoms with Gasteiger partial charge in [-0.05, 0) is 29.7 Å². The Labute approximate surface area is 118 Å². The van der Waals surface area contributed by atoms with Crippen LogP contribution in [-0.4, -0.2) is 27.2 Å². The third-order valence-corrected chi connectivity index (χ3v) is 2.86. The summed E-state index contributed by atoms with van der Waals surface area (Å²) in [5, 5.41) is 17.0. The van der Waals surface area contributed by atoms with Crippen LogP contribution in [-0.2, 0) is 0 Å². The first-order chi connectivity index (χ1) is 9.20. The Morgan fingerprint density at radius 3 is 3.05 bits per heavy atom. The van der Waals surface area contributed by atoms with Gasteiger partial charge < -0.3 is 10.4 Å². The maximum Gasteiger partial charge on any atom is 0.277 e. The van der Waals surface area contributed by atoms with Crippen LogP contribution in [0.5, 0.6) is 0 Å². The number of aromatic nitrogens is 2. The van der Waals surface area contributed by atoms with E-state index in [2.05, 4.69) is 26.7 Å². The van der Waals surface area contributed by atoms with Crippen molar-refractivity contribution in [3.05, 3.63) is 39.9 Å². The zero-order chi connectivity index (χ0) is 13.7. The summed E-state index contributed by atoms with van der Waals surface area (Å²) < 4.78 is 3.62. The monoisotopic (exact) mass is 293 g/mol. The number of hydrogen-bond donors (Lipinski definition) is 2. The predicted octanol–water partition coefficient (Wildman–Crippen LogP) is 1.79. The molecule has 0 saturated carbocycles. The molecule has 0 bridgehead atoms. The Bertz CT molecular complexity index is 647. The number of aliphatic hydroxyl groups is 1. The van der Waals surface area contributed by atoms with Crippen LogP contribution in [0.4, 0.5) is 5.69 Å². The van der Waals surface area contributed by atoms with Gasteiger partial charge in [0.15, 0.2) is 5.69 Å². The molecule has 1 aromatic heterocycles. The van der Waals surface area contributed by atoms with E-state index in [1.165, 1.54) is 0 Å². The highest BCUT2D eigenvalue weighted by atomic mass is 35.5. The van der Waals surface area contributed by atoms with E-state index in [0.29, 0.717) is 16.3 Å². The van der Waals surface area contributed by atoms with Crippen molar-refractivity contribution in [2.24, 2.45) is 0 Å². The molecule has 1 heterocycles. The Hall–Kier alpha value is -1.94. The van der Waals surface area contributed by atoms with E-state index < -0.39 is 0 Å². The van der Waals surface area contributed by atoms with E-state index >= 15 is 0 Å². The van der Waals surface area contributed by atoms with Gasteiger partial charge in [-0.15, -0.1) is 5.10 Å². The normalized spacial score (nSPS) is 9.58. The molecule has 0 aliphatic rings. The molecule has 2 N–H and O–H groups in total. The van der Waals surface area contributed by atoms with Crippen molar-refractivity contribution in [3.8, 4) is 11.8 Å². The molecule has 0 spiro atoms. The third kappa shape index (κ3) is 3.51. The maximum absolute atomic E-state index is 11.9. The van der Waals surface area contributed by atoms with Crippen LogP contribution in [0.2, 0.25) is 5.02 Å². The summed E-state index contributed by atoms with van der Waals surface area (Å²) in [6.45, 7) is -0.258. The second-order valence-electron chi connectivity index (χ2n) is 3.39. The second kappa shape index (κ2) is 6.29. The molecule has 0 radical (unpaired) electrons. The van der Waals surface area contributed by atoms with Crippen LogP contribution < -0.4 is 5.32 Å². The van der Waals surface area contributed by atoms with Crippen molar-refractivity contribution in [2.45, 2.75) is 0 Å². The zero-order valence-corrected chi connectivity index (χ0v) is 11.1. The quantitative estimate of drug-likeness (QED) is 0.828.